The quantitative estimate of drug-likeness (QED) is 0.309. The van der Waals surface area contributed by atoms with Crippen LogP contribution in [0.1, 0.15) is 0 Å². The summed E-state index contributed by atoms with van der Waals surface area (Å²) in [6, 6.07) is 0. The van der Waals surface area contributed by atoms with Crippen LogP contribution in [-0.2, 0) is 18.9 Å². The van der Waals surface area contributed by atoms with Crippen LogP contribution < -0.4 is 0 Å². The van der Waals surface area contributed by atoms with Crippen molar-refractivity contribution in [3.8, 4) is 0 Å². The number of hydrogen-bond donors (Lipinski definition) is 0. The summed E-state index contributed by atoms with van der Waals surface area (Å²) in [6.45, 7) is 0.412. The van der Waals surface area contributed by atoms with Crippen LogP contribution in [0.4, 0.5) is 0 Å². The van der Waals surface area contributed by atoms with Crippen molar-refractivity contribution in [2.75, 3.05) is 27.8 Å². The fourth-order valence-electron chi connectivity index (χ4n) is 0.442. The second-order valence-corrected chi connectivity index (χ2v) is 2.29. The summed E-state index contributed by atoms with van der Waals surface area (Å²) >= 11 is 0. The molecule has 0 spiro atoms. The van der Waals surface area contributed by atoms with E-state index in [0.717, 1.165) is 10.2 Å². The first-order valence-electron chi connectivity index (χ1n) is 3.25. The second-order valence-electron chi connectivity index (χ2n) is 1.71. The lowest BCUT2D eigenvalue weighted by Gasteiger charge is -2.09. The first kappa shape index (κ1) is 10.5. The molecule has 0 aliphatic rings. The van der Waals surface area contributed by atoms with E-state index in [2.05, 4.69) is 9.47 Å². The minimum Gasteiger partial charge on any atom is -0.439 e. The summed E-state index contributed by atoms with van der Waals surface area (Å²) in [4.78, 5) is 0. The number of rotatable bonds is 6. The van der Waals surface area contributed by atoms with E-state index in [4.69, 9.17) is 9.47 Å². The van der Waals surface area contributed by atoms with E-state index in [1.54, 1.807) is 14.2 Å². The van der Waals surface area contributed by atoms with Crippen molar-refractivity contribution >= 4 is 10.2 Å². The average molecular weight is 178 g/mol. The Labute approximate surface area is 69.5 Å². The molecule has 0 amide bonds. The van der Waals surface area contributed by atoms with Gasteiger partial charge in [0.25, 0.3) is 5.95 Å². The van der Waals surface area contributed by atoms with Gasteiger partial charge in [-0.25, -0.2) is 0 Å². The maximum absolute atomic E-state index is 5.01. The molecule has 5 heteroatoms. The van der Waals surface area contributed by atoms with Gasteiger partial charge < -0.3 is 18.9 Å². The molecule has 11 heavy (non-hydrogen) atoms. The average Bonchev–Trinajstić information content (AvgIpc) is 2.05. The van der Waals surface area contributed by atoms with Gasteiger partial charge in [-0.05, 0) is 5.70 Å². The zero-order valence-corrected chi connectivity index (χ0v) is 9.12. The third-order valence-corrected chi connectivity index (χ3v) is 1.35. The molecular weight excluding hydrogens is 164 g/mol. The Balaban J connectivity index is 3.43. The molecule has 0 unspecified atom stereocenters. The molecule has 0 aromatic heterocycles. The van der Waals surface area contributed by atoms with E-state index in [0.29, 0.717) is 5.95 Å². The van der Waals surface area contributed by atoms with E-state index >= 15 is 0 Å². The normalized spacial score (nSPS) is 9.27. The van der Waals surface area contributed by atoms with E-state index < -0.39 is 0 Å². The van der Waals surface area contributed by atoms with E-state index in [-0.39, 0.29) is 13.6 Å². The number of hydrogen-bond acceptors (Lipinski definition) is 4. The van der Waals surface area contributed by atoms with Crippen LogP contribution in [0.25, 0.3) is 0 Å². The van der Waals surface area contributed by atoms with Crippen LogP contribution in [-0.4, -0.2) is 38.0 Å². The highest BCUT2D eigenvalue weighted by molar-refractivity contribution is 6.17. The highest BCUT2D eigenvalue weighted by Crippen LogP contribution is 1.97. The summed E-state index contributed by atoms with van der Waals surface area (Å²) in [6.07, 6.45) is 0. The molecule has 0 atom stereocenters. The van der Waals surface area contributed by atoms with Crippen LogP contribution in [0, 0.1) is 0 Å². The molecule has 0 saturated heterocycles. The maximum atomic E-state index is 5.01. The number of ether oxygens (including phenoxy) is 4. The van der Waals surface area contributed by atoms with Crippen molar-refractivity contribution in [1.82, 2.24) is 0 Å². The van der Waals surface area contributed by atoms with Gasteiger partial charge in [-0.3, -0.25) is 0 Å². The Hall–Kier alpha value is -0.523. The van der Waals surface area contributed by atoms with Crippen LogP contribution in [0.15, 0.2) is 11.6 Å². The fraction of sp³-hybridized carbons (Fsp3) is 0.667. The molecule has 0 aliphatic heterocycles. The molecule has 0 fully saturated rings. The third-order valence-electron chi connectivity index (χ3n) is 0.874. The molecule has 4 nitrogen and oxygen atoms in total. The van der Waals surface area contributed by atoms with Crippen LogP contribution in [0.2, 0.25) is 0 Å². The zero-order valence-electron chi connectivity index (χ0n) is 7.12. The van der Waals surface area contributed by atoms with Crippen molar-refractivity contribution in [2.45, 2.75) is 0 Å². The molecule has 0 heterocycles. The molecule has 0 rings (SSSR count). The number of methoxy groups -OCH3 is 2. The minimum atomic E-state index is 0.206. The lowest BCUT2D eigenvalue weighted by atomic mass is 11.0. The molecule has 0 aromatic rings. The van der Waals surface area contributed by atoms with E-state index in [1.807, 2.05) is 5.70 Å². The molecule has 0 aliphatic carbocycles. The topological polar surface area (TPSA) is 36.9 Å². The van der Waals surface area contributed by atoms with Gasteiger partial charge >= 0.3 is 0 Å². The van der Waals surface area contributed by atoms with Crippen molar-refractivity contribution in [3.63, 3.8) is 0 Å². The molecule has 66 valence electrons. The molecule has 0 saturated carbocycles. The van der Waals surface area contributed by atoms with Crippen LogP contribution in [0.3, 0.4) is 0 Å². The molecule has 0 aromatic carbocycles. The summed E-state index contributed by atoms with van der Waals surface area (Å²) in [5.74, 6) is 0.473. The predicted molar refractivity (Wildman–Crippen MR) is 43.9 cm³/mol. The van der Waals surface area contributed by atoms with Gasteiger partial charge in [0.2, 0.25) is 0 Å². The molecule has 0 bridgehead atoms. The standard InChI is InChI=1S/C6H14O4Si/c1-7-4-9-6(3-11)10-5-8-2/h3H,4-5H2,1-2,11H3. The van der Waals surface area contributed by atoms with Crippen molar-refractivity contribution in [2.24, 2.45) is 0 Å². The second kappa shape index (κ2) is 7.58. The summed E-state index contributed by atoms with van der Waals surface area (Å²) in [5, 5.41) is 0. The molecular formula is C6H14O4Si. The van der Waals surface area contributed by atoms with Crippen LogP contribution >= 0.6 is 0 Å². The summed E-state index contributed by atoms with van der Waals surface area (Å²) in [5.41, 5.74) is 1.83. The molecule has 0 N–H and O–H groups in total. The van der Waals surface area contributed by atoms with Gasteiger partial charge in [-0.15, -0.1) is 0 Å². The summed E-state index contributed by atoms with van der Waals surface area (Å²) < 4.78 is 19.4. The Bertz CT molecular complexity index is 105. The Morgan fingerprint density at radius 3 is 1.91 bits per heavy atom. The van der Waals surface area contributed by atoms with Gasteiger partial charge in [0.05, 0.1) is 0 Å². The predicted octanol–water partition coefficient (Wildman–Crippen LogP) is -0.608. The third kappa shape index (κ3) is 5.90. The Kier molecular flexibility index (Phi) is 7.22. The highest BCUT2D eigenvalue weighted by Gasteiger charge is 1.94. The van der Waals surface area contributed by atoms with Gasteiger partial charge in [0.15, 0.2) is 13.6 Å². The maximum Gasteiger partial charge on any atom is 0.274 e. The van der Waals surface area contributed by atoms with E-state index in [1.165, 1.54) is 0 Å². The Morgan fingerprint density at radius 2 is 1.64 bits per heavy atom. The lowest BCUT2D eigenvalue weighted by molar-refractivity contribution is -0.0971. The van der Waals surface area contributed by atoms with Gasteiger partial charge in [-0.1, -0.05) is 0 Å². The van der Waals surface area contributed by atoms with Gasteiger partial charge in [-0.2, -0.15) is 0 Å². The summed E-state index contributed by atoms with van der Waals surface area (Å²) in [7, 11) is 4.00. The minimum absolute atomic E-state index is 0.206. The largest absolute Gasteiger partial charge is 0.439 e. The van der Waals surface area contributed by atoms with Gasteiger partial charge in [0, 0.05) is 24.5 Å². The highest BCUT2D eigenvalue weighted by atomic mass is 28.1. The van der Waals surface area contributed by atoms with E-state index in [9.17, 15) is 0 Å². The SMILES string of the molecule is COCOC(=C[SiH3])OCOC. The van der Waals surface area contributed by atoms with Crippen molar-refractivity contribution < 1.29 is 18.9 Å². The van der Waals surface area contributed by atoms with Crippen molar-refractivity contribution in [1.29, 1.82) is 0 Å². The Morgan fingerprint density at radius 1 is 1.18 bits per heavy atom. The fourth-order valence-corrected chi connectivity index (χ4v) is 0.776. The smallest absolute Gasteiger partial charge is 0.274 e. The zero-order chi connectivity index (χ0) is 8.53. The first-order valence-corrected chi connectivity index (χ1v) is 4.40. The monoisotopic (exact) mass is 178 g/mol. The van der Waals surface area contributed by atoms with Crippen molar-refractivity contribution in [3.05, 3.63) is 11.6 Å². The van der Waals surface area contributed by atoms with Crippen LogP contribution in [0.5, 0.6) is 0 Å². The lowest BCUT2D eigenvalue weighted by Crippen LogP contribution is -2.03. The first-order chi connectivity index (χ1) is 5.35. The molecule has 0 radical (unpaired) electrons. The van der Waals surface area contributed by atoms with Gasteiger partial charge in [0.1, 0.15) is 0 Å².